The van der Waals surface area contributed by atoms with Gasteiger partial charge in [0.05, 0.1) is 25.1 Å². The highest BCUT2D eigenvalue weighted by atomic mass is 16.5. The first kappa shape index (κ1) is 9.77. The lowest BCUT2D eigenvalue weighted by molar-refractivity contribution is 0.0527. The number of amides is 1. The third kappa shape index (κ3) is 1.80. The summed E-state index contributed by atoms with van der Waals surface area (Å²) < 4.78 is 6.55. The summed E-state index contributed by atoms with van der Waals surface area (Å²) in [6.07, 6.45) is 4.10. The fraction of sp³-hybridized carbons (Fsp3) is 0.700. The predicted octanol–water partition coefficient (Wildman–Crippen LogP) is 0.456. The highest BCUT2D eigenvalue weighted by Gasteiger charge is 2.28. The zero-order valence-electron chi connectivity index (χ0n) is 9.00. The second-order valence-corrected chi connectivity index (χ2v) is 4.24. The van der Waals surface area contributed by atoms with Gasteiger partial charge in [-0.1, -0.05) is 5.21 Å². The molecule has 0 bridgehead atoms. The van der Waals surface area contributed by atoms with Crippen molar-refractivity contribution in [1.82, 2.24) is 19.9 Å². The molecule has 0 radical (unpaired) electrons. The van der Waals surface area contributed by atoms with Crippen LogP contribution in [0.2, 0.25) is 0 Å². The van der Waals surface area contributed by atoms with Crippen LogP contribution in [0.25, 0.3) is 0 Å². The van der Waals surface area contributed by atoms with Crippen molar-refractivity contribution in [2.24, 2.45) is 0 Å². The van der Waals surface area contributed by atoms with E-state index in [0.29, 0.717) is 32.2 Å². The summed E-state index contributed by atoms with van der Waals surface area (Å²) in [5.74, 6) is 0.534. The first-order chi connectivity index (χ1) is 7.84. The quantitative estimate of drug-likeness (QED) is 0.692. The van der Waals surface area contributed by atoms with Gasteiger partial charge in [-0.25, -0.2) is 4.79 Å². The van der Waals surface area contributed by atoms with Crippen LogP contribution in [-0.2, 0) is 4.74 Å². The molecule has 0 N–H and O–H groups in total. The Morgan fingerprint density at radius 3 is 2.81 bits per heavy atom. The molecule has 2 heterocycles. The topological polar surface area (TPSA) is 60.2 Å². The number of morpholine rings is 1. The zero-order valence-corrected chi connectivity index (χ0v) is 9.00. The number of hydrogen-bond donors (Lipinski definition) is 0. The maximum Gasteiger partial charge on any atom is 0.346 e. The highest BCUT2D eigenvalue weighted by Crippen LogP contribution is 2.38. The van der Waals surface area contributed by atoms with Gasteiger partial charge in [-0.3, -0.25) is 0 Å². The van der Waals surface area contributed by atoms with Crippen LogP contribution >= 0.6 is 0 Å². The summed E-state index contributed by atoms with van der Waals surface area (Å²) >= 11 is 0. The van der Waals surface area contributed by atoms with Crippen molar-refractivity contribution in [3.8, 4) is 0 Å². The first-order valence-corrected chi connectivity index (χ1v) is 5.64. The van der Waals surface area contributed by atoms with E-state index in [1.807, 2.05) is 0 Å². The van der Waals surface area contributed by atoms with Crippen LogP contribution in [0.15, 0.2) is 6.20 Å². The number of nitrogens with zero attached hydrogens (tertiary/aromatic N) is 4. The average molecular weight is 222 g/mol. The van der Waals surface area contributed by atoms with Crippen molar-refractivity contribution < 1.29 is 9.53 Å². The van der Waals surface area contributed by atoms with Gasteiger partial charge in [-0.2, -0.15) is 4.68 Å². The van der Waals surface area contributed by atoms with Crippen molar-refractivity contribution in [2.45, 2.75) is 18.8 Å². The molecule has 1 aliphatic carbocycles. The van der Waals surface area contributed by atoms with Crippen molar-refractivity contribution in [1.29, 1.82) is 0 Å². The van der Waals surface area contributed by atoms with Crippen molar-refractivity contribution in [2.75, 3.05) is 26.3 Å². The van der Waals surface area contributed by atoms with Crippen LogP contribution in [0.3, 0.4) is 0 Å². The van der Waals surface area contributed by atoms with E-state index in [1.54, 1.807) is 11.1 Å². The third-order valence-corrected chi connectivity index (χ3v) is 2.98. The maximum atomic E-state index is 12.0. The summed E-state index contributed by atoms with van der Waals surface area (Å²) in [7, 11) is 0. The van der Waals surface area contributed by atoms with Crippen LogP contribution in [0.1, 0.15) is 24.5 Å². The molecule has 6 nitrogen and oxygen atoms in total. The maximum absolute atomic E-state index is 12.0. The SMILES string of the molecule is O=C(N1CCOCC1)n1cc(C2CC2)nn1. The lowest BCUT2D eigenvalue weighted by Gasteiger charge is -2.25. The van der Waals surface area contributed by atoms with Gasteiger partial charge in [0.15, 0.2) is 0 Å². The van der Waals surface area contributed by atoms with Crippen LogP contribution < -0.4 is 0 Å². The van der Waals surface area contributed by atoms with Crippen LogP contribution in [0, 0.1) is 0 Å². The zero-order chi connectivity index (χ0) is 11.0. The standard InChI is InChI=1S/C10H14N4O2/c15-10(13-3-5-16-6-4-13)14-7-9(11-12-14)8-1-2-8/h7-8H,1-6H2. The Morgan fingerprint density at radius 2 is 2.12 bits per heavy atom. The minimum atomic E-state index is -0.0947. The van der Waals surface area contributed by atoms with Gasteiger partial charge in [-0.05, 0) is 12.8 Å². The van der Waals surface area contributed by atoms with E-state index in [-0.39, 0.29) is 6.03 Å². The van der Waals surface area contributed by atoms with E-state index >= 15 is 0 Å². The van der Waals surface area contributed by atoms with Gasteiger partial charge in [0.1, 0.15) is 0 Å². The molecule has 1 aromatic rings. The Kier molecular flexibility index (Phi) is 2.36. The van der Waals surface area contributed by atoms with E-state index in [0.717, 1.165) is 5.69 Å². The van der Waals surface area contributed by atoms with Crippen LogP contribution in [0.5, 0.6) is 0 Å². The second kappa shape index (κ2) is 3.86. The summed E-state index contributed by atoms with van der Waals surface area (Å²) in [6, 6.07) is -0.0947. The average Bonchev–Trinajstić information content (AvgIpc) is 3.08. The van der Waals surface area contributed by atoms with E-state index in [1.165, 1.54) is 17.5 Å². The summed E-state index contributed by atoms with van der Waals surface area (Å²) in [5, 5.41) is 7.92. The molecule has 0 atom stereocenters. The molecule has 0 spiro atoms. The molecule has 1 aromatic heterocycles. The fourth-order valence-corrected chi connectivity index (χ4v) is 1.84. The molecule has 1 saturated carbocycles. The fourth-order valence-electron chi connectivity index (χ4n) is 1.84. The van der Waals surface area contributed by atoms with Crippen molar-refractivity contribution in [3.63, 3.8) is 0 Å². The third-order valence-electron chi connectivity index (χ3n) is 2.98. The number of rotatable bonds is 1. The van der Waals surface area contributed by atoms with Gasteiger partial charge in [-0.15, -0.1) is 5.10 Å². The molecular weight excluding hydrogens is 208 g/mol. The molecule has 2 aliphatic rings. The predicted molar refractivity (Wildman–Crippen MR) is 55.2 cm³/mol. The number of carbonyl (C=O) groups excluding carboxylic acids is 1. The Bertz CT molecular complexity index is 393. The van der Waals surface area contributed by atoms with Gasteiger partial charge >= 0.3 is 6.03 Å². The lowest BCUT2D eigenvalue weighted by Crippen LogP contribution is -2.43. The number of ether oxygens (including phenoxy) is 1. The summed E-state index contributed by atoms with van der Waals surface area (Å²) in [6.45, 7) is 2.49. The van der Waals surface area contributed by atoms with Gasteiger partial charge in [0.25, 0.3) is 0 Å². The molecule has 16 heavy (non-hydrogen) atoms. The minimum absolute atomic E-state index is 0.0947. The monoisotopic (exact) mass is 222 g/mol. The minimum Gasteiger partial charge on any atom is -0.378 e. The normalized spacial score (nSPS) is 21.1. The molecule has 6 heteroatoms. The molecular formula is C10H14N4O2. The molecule has 2 fully saturated rings. The Labute approximate surface area is 93.2 Å². The molecule has 1 saturated heterocycles. The second-order valence-electron chi connectivity index (χ2n) is 4.24. The van der Waals surface area contributed by atoms with E-state index < -0.39 is 0 Å². The smallest absolute Gasteiger partial charge is 0.346 e. The highest BCUT2D eigenvalue weighted by molar-refractivity contribution is 5.75. The van der Waals surface area contributed by atoms with E-state index in [2.05, 4.69) is 10.3 Å². The van der Waals surface area contributed by atoms with Crippen molar-refractivity contribution in [3.05, 3.63) is 11.9 Å². The molecule has 1 amide bonds. The van der Waals surface area contributed by atoms with E-state index in [4.69, 9.17) is 4.74 Å². The number of carbonyl (C=O) groups is 1. The number of aromatic nitrogens is 3. The van der Waals surface area contributed by atoms with Crippen molar-refractivity contribution >= 4 is 6.03 Å². The lowest BCUT2D eigenvalue weighted by atomic mass is 10.3. The molecule has 1 aliphatic heterocycles. The summed E-state index contributed by atoms with van der Waals surface area (Å²) in [4.78, 5) is 13.7. The molecule has 0 aromatic carbocycles. The number of hydrogen-bond acceptors (Lipinski definition) is 4. The first-order valence-electron chi connectivity index (χ1n) is 5.64. The Hall–Kier alpha value is -1.43. The Balaban J connectivity index is 1.71. The molecule has 0 unspecified atom stereocenters. The largest absolute Gasteiger partial charge is 0.378 e. The van der Waals surface area contributed by atoms with Crippen LogP contribution in [-0.4, -0.2) is 52.2 Å². The van der Waals surface area contributed by atoms with Gasteiger partial charge < -0.3 is 9.64 Å². The Morgan fingerprint density at radius 1 is 1.38 bits per heavy atom. The van der Waals surface area contributed by atoms with Gasteiger partial charge in [0.2, 0.25) is 0 Å². The molecule has 3 rings (SSSR count). The van der Waals surface area contributed by atoms with Crippen LogP contribution in [0.4, 0.5) is 4.79 Å². The van der Waals surface area contributed by atoms with E-state index in [9.17, 15) is 4.79 Å². The van der Waals surface area contributed by atoms with Gasteiger partial charge in [0, 0.05) is 19.0 Å². The summed E-state index contributed by atoms with van der Waals surface area (Å²) in [5.41, 5.74) is 0.946. The molecule has 86 valence electrons.